The van der Waals surface area contributed by atoms with E-state index >= 15 is 0 Å². The van der Waals surface area contributed by atoms with Crippen LogP contribution in [0.25, 0.3) is 0 Å². The van der Waals surface area contributed by atoms with Crippen molar-refractivity contribution in [2.45, 2.75) is 37.5 Å². The molecule has 1 fully saturated rings. The molecule has 7 heteroatoms. The first kappa shape index (κ1) is 17.6. The van der Waals surface area contributed by atoms with E-state index in [0.29, 0.717) is 11.5 Å². The Morgan fingerprint density at radius 3 is 2.68 bits per heavy atom. The summed E-state index contributed by atoms with van der Waals surface area (Å²) in [6, 6.07) is 2.78. The van der Waals surface area contributed by atoms with Crippen LogP contribution in [0.3, 0.4) is 0 Å². The number of pyridine rings is 1. The van der Waals surface area contributed by atoms with Gasteiger partial charge in [0.15, 0.2) is 0 Å². The van der Waals surface area contributed by atoms with Crippen molar-refractivity contribution in [3.05, 3.63) is 42.2 Å². The molecule has 0 radical (unpaired) electrons. The fourth-order valence-corrected chi connectivity index (χ4v) is 2.71. The molecule has 0 bridgehead atoms. The van der Waals surface area contributed by atoms with Crippen LogP contribution in [0.2, 0.25) is 0 Å². The Labute approximate surface area is 146 Å². The number of amides is 2. The minimum Gasteiger partial charge on any atom is -0.394 e. The third kappa shape index (κ3) is 5.11. The average molecular weight is 345 g/mol. The normalized spacial score (nSPS) is 25.4. The van der Waals surface area contributed by atoms with Gasteiger partial charge in [-0.05, 0) is 30.9 Å². The number of ether oxygens (including phenoxy) is 1. The minimum absolute atomic E-state index is 0.0579. The van der Waals surface area contributed by atoms with Gasteiger partial charge in [0, 0.05) is 24.5 Å². The predicted molar refractivity (Wildman–Crippen MR) is 90.7 cm³/mol. The zero-order valence-electron chi connectivity index (χ0n) is 13.9. The fourth-order valence-electron chi connectivity index (χ4n) is 2.71. The monoisotopic (exact) mass is 345 g/mol. The first-order valence-corrected chi connectivity index (χ1v) is 8.58. The molecule has 134 valence electrons. The zero-order valence-corrected chi connectivity index (χ0v) is 13.9. The Hall–Kier alpha value is -2.25. The molecule has 7 nitrogen and oxygen atoms in total. The van der Waals surface area contributed by atoms with Crippen molar-refractivity contribution in [3.63, 3.8) is 0 Å². The van der Waals surface area contributed by atoms with Crippen LogP contribution in [0, 0.1) is 5.92 Å². The molecule has 25 heavy (non-hydrogen) atoms. The van der Waals surface area contributed by atoms with Crippen molar-refractivity contribution >= 4 is 11.8 Å². The Balaban J connectivity index is 1.53. The molecule has 2 amide bonds. The molecule has 3 atom stereocenters. The van der Waals surface area contributed by atoms with Gasteiger partial charge in [-0.15, -0.1) is 0 Å². The largest absolute Gasteiger partial charge is 0.394 e. The average Bonchev–Trinajstić information content (AvgIpc) is 3.46. The highest BCUT2D eigenvalue weighted by Crippen LogP contribution is 2.27. The van der Waals surface area contributed by atoms with Crippen LogP contribution in [0.15, 0.2) is 36.7 Å². The number of aliphatic hydroxyl groups excluding tert-OH is 1. The van der Waals surface area contributed by atoms with Crippen LogP contribution in [-0.4, -0.2) is 53.3 Å². The number of carbonyl (C=O) groups excluding carboxylic acids is 2. The van der Waals surface area contributed by atoms with E-state index in [1.54, 1.807) is 36.7 Å². The summed E-state index contributed by atoms with van der Waals surface area (Å²) in [5, 5.41) is 15.3. The zero-order chi connectivity index (χ0) is 17.6. The van der Waals surface area contributed by atoms with Crippen LogP contribution < -0.4 is 10.6 Å². The summed E-state index contributed by atoms with van der Waals surface area (Å²) in [4.78, 5) is 28.0. The Bertz CT molecular complexity index is 630. The van der Waals surface area contributed by atoms with Gasteiger partial charge in [-0.3, -0.25) is 14.6 Å². The van der Waals surface area contributed by atoms with Crippen molar-refractivity contribution in [2.24, 2.45) is 5.92 Å². The van der Waals surface area contributed by atoms with E-state index in [4.69, 9.17) is 4.74 Å². The number of hydrogen-bond donors (Lipinski definition) is 3. The molecular formula is C18H23N3O4. The molecule has 2 heterocycles. The van der Waals surface area contributed by atoms with Crippen molar-refractivity contribution in [3.8, 4) is 0 Å². The summed E-state index contributed by atoms with van der Waals surface area (Å²) in [6.45, 7) is 0.481. The molecule has 2 aliphatic rings. The van der Waals surface area contributed by atoms with Crippen LogP contribution in [0.4, 0.5) is 0 Å². The van der Waals surface area contributed by atoms with Gasteiger partial charge in [-0.1, -0.05) is 12.2 Å². The van der Waals surface area contributed by atoms with E-state index in [0.717, 1.165) is 6.54 Å². The van der Waals surface area contributed by atoms with Crippen molar-refractivity contribution < 1.29 is 19.4 Å². The van der Waals surface area contributed by atoms with Crippen molar-refractivity contribution in [1.82, 2.24) is 15.6 Å². The summed E-state index contributed by atoms with van der Waals surface area (Å²) >= 11 is 0. The highest BCUT2D eigenvalue weighted by molar-refractivity contribution is 5.94. The van der Waals surface area contributed by atoms with Crippen LogP contribution in [0.1, 0.15) is 29.6 Å². The molecule has 3 rings (SSSR count). The summed E-state index contributed by atoms with van der Waals surface area (Å²) in [7, 11) is 0. The SMILES string of the molecule is O=C(C[C@H]1C=C[C@@H](NC(=O)c2ccncc2)[C@@H](CO)O1)NCC1CC1. The summed E-state index contributed by atoms with van der Waals surface area (Å²) in [6.07, 6.45) is 8.23. The van der Waals surface area contributed by atoms with Gasteiger partial charge in [0.25, 0.3) is 5.91 Å². The molecule has 1 aliphatic carbocycles. The lowest BCUT2D eigenvalue weighted by atomic mass is 10.0. The van der Waals surface area contributed by atoms with Gasteiger partial charge in [0.05, 0.1) is 25.2 Å². The minimum atomic E-state index is -0.586. The predicted octanol–water partition coefficient (Wildman–Crippen LogP) is 0.412. The number of nitrogens with zero attached hydrogens (tertiary/aromatic N) is 1. The van der Waals surface area contributed by atoms with Gasteiger partial charge < -0.3 is 20.5 Å². The molecule has 0 saturated heterocycles. The lowest BCUT2D eigenvalue weighted by Gasteiger charge is -2.31. The maximum absolute atomic E-state index is 12.2. The summed E-state index contributed by atoms with van der Waals surface area (Å²) in [5.74, 6) is 0.307. The Morgan fingerprint density at radius 1 is 1.24 bits per heavy atom. The smallest absolute Gasteiger partial charge is 0.251 e. The second-order valence-electron chi connectivity index (χ2n) is 6.47. The van der Waals surface area contributed by atoms with Crippen LogP contribution >= 0.6 is 0 Å². The standard InChI is InChI=1S/C18H23N3O4/c22-11-16-15(21-18(24)13-5-7-19-8-6-13)4-3-14(25-16)9-17(23)20-10-12-1-2-12/h3-8,12,14-16,22H,1-2,9-11H2,(H,20,23)(H,21,24)/t14-,15-,16-/m1/s1. The molecule has 0 spiro atoms. The Kier molecular flexibility index (Phi) is 5.78. The first-order valence-electron chi connectivity index (χ1n) is 8.58. The lowest BCUT2D eigenvalue weighted by molar-refractivity contribution is -0.125. The molecular weight excluding hydrogens is 322 g/mol. The van der Waals surface area contributed by atoms with E-state index in [2.05, 4.69) is 15.6 Å². The van der Waals surface area contributed by atoms with Crippen molar-refractivity contribution in [2.75, 3.05) is 13.2 Å². The quantitative estimate of drug-likeness (QED) is 0.622. The first-order chi connectivity index (χ1) is 12.2. The van der Waals surface area contributed by atoms with E-state index < -0.39 is 18.2 Å². The van der Waals surface area contributed by atoms with Crippen molar-refractivity contribution in [1.29, 1.82) is 0 Å². The van der Waals surface area contributed by atoms with Gasteiger partial charge in [0.2, 0.25) is 5.91 Å². The van der Waals surface area contributed by atoms with Gasteiger partial charge >= 0.3 is 0 Å². The van der Waals surface area contributed by atoms with E-state index in [1.165, 1.54) is 12.8 Å². The number of aromatic nitrogens is 1. The second kappa shape index (κ2) is 8.22. The van der Waals surface area contributed by atoms with Crippen LogP contribution in [0.5, 0.6) is 0 Å². The Morgan fingerprint density at radius 2 is 2.00 bits per heavy atom. The van der Waals surface area contributed by atoms with Gasteiger partial charge in [0.1, 0.15) is 6.10 Å². The number of hydrogen-bond acceptors (Lipinski definition) is 5. The van der Waals surface area contributed by atoms with Crippen LogP contribution in [-0.2, 0) is 9.53 Å². The topological polar surface area (TPSA) is 101 Å². The third-order valence-corrected chi connectivity index (χ3v) is 4.37. The van der Waals surface area contributed by atoms with E-state index in [-0.39, 0.29) is 24.8 Å². The molecule has 0 aromatic carbocycles. The highest BCUT2D eigenvalue weighted by Gasteiger charge is 2.29. The number of nitrogens with one attached hydrogen (secondary N) is 2. The van der Waals surface area contributed by atoms with Gasteiger partial charge in [-0.25, -0.2) is 0 Å². The highest BCUT2D eigenvalue weighted by atomic mass is 16.5. The van der Waals surface area contributed by atoms with Gasteiger partial charge in [-0.2, -0.15) is 0 Å². The molecule has 1 aliphatic heterocycles. The maximum atomic E-state index is 12.2. The number of rotatable bonds is 7. The lowest BCUT2D eigenvalue weighted by Crippen LogP contribution is -2.49. The van der Waals surface area contributed by atoms with E-state index in [1.807, 2.05) is 0 Å². The van der Waals surface area contributed by atoms with E-state index in [9.17, 15) is 14.7 Å². The molecule has 1 saturated carbocycles. The molecule has 1 aromatic heterocycles. The number of aliphatic hydroxyl groups is 1. The molecule has 0 unspecified atom stereocenters. The summed E-state index contributed by atoms with van der Waals surface area (Å²) < 4.78 is 5.75. The molecule has 1 aromatic rings. The third-order valence-electron chi connectivity index (χ3n) is 4.37. The number of carbonyl (C=O) groups is 2. The maximum Gasteiger partial charge on any atom is 0.251 e. The fraction of sp³-hybridized carbons (Fsp3) is 0.500. The summed E-state index contributed by atoms with van der Waals surface area (Å²) in [5.41, 5.74) is 0.488. The second-order valence-corrected chi connectivity index (χ2v) is 6.47. The molecule has 3 N–H and O–H groups in total.